The lowest BCUT2D eigenvalue weighted by molar-refractivity contribution is -0.117. The van der Waals surface area contributed by atoms with Gasteiger partial charge in [0.2, 0.25) is 0 Å². The Morgan fingerprint density at radius 1 is 1.18 bits per heavy atom. The summed E-state index contributed by atoms with van der Waals surface area (Å²) in [6, 6.07) is 16.3. The van der Waals surface area contributed by atoms with Crippen molar-refractivity contribution >= 4 is 17.1 Å². The third-order valence-electron chi connectivity index (χ3n) is 5.44. The maximum Gasteiger partial charge on any atom is 0.162 e. The van der Waals surface area contributed by atoms with E-state index in [1.807, 2.05) is 59.8 Å². The lowest BCUT2D eigenvalue weighted by Crippen LogP contribution is -2.45. The van der Waals surface area contributed by atoms with Gasteiger partial charge in [-0.2, -0.15) is 5.26 Å². The van der Waals surface area contributed by atoms with Crippen molar-refractivity contribution in [2.75, 3.05) is 14.1 Å². The van der Waals surface area contributed by atoms with Crippen LogP contribution in [0.3, 0.4) is 0 Å². The van der Waals surface area contributed by atoms with E-state index in [0.717, 1.165) is 16.1 Å². The van der Waals surface area contributed by atoms with Crippen LogP contribution in [0.25, 0.3) is 0 Å². The minimum atomic E-state index is -0.375. The van der Waals surface area contributed by atoms with E-state index >= 15 is 0 Å². The first-order valence-corrected chi connectivity index (χ1v) is 10.1. The zero-order valence-electron chi connectivity index (χ0n) is 15.9. The molecule has 0 radical (unpaired) electrons. The first kappa shape index (κ1) is 18.5. The van der Waals surface area contributed by atoms with E-state index in [1.165, 1.54) is 0 Å². The van der Waals surface area contributed by atoms with Crippen LogP contribution in [-0.4, -0.2) is 29.9 Å². The van der Waals surface area contributed by atoms with Crippen LogP contribution in [-0.2, 0) is 4.79 Å². The molecule has 0 bridgehead atoms. The standard InChI is InChI=1S/C22H22N4OS/c1-25(2)26-17-11-15(14-7-4-3-5-8-14)12-18(27)21(17)20(16(13-23)22(26)24)19-9-6-10-28-19/h3-10,15,20H,11-12,24H2,1-2H3/t15-,20+/m0/s1. The van der Waals surface area contributed by atoms with Crippen LogP contribution in [0.15, 0.2) is 70.5 Å². The van der Waals surface area contributed by atoms with Crippen LogP contribution in [0.2, 0.25) is 0 Å². The molecule has 1 aliphatic heterocycles. The molecule has 1 aromatic carbocycles. The lowest BCUT2D eigenvalue weighted by atomic mass is 9.74. The fraction of sp³-hybridized carbons (Fsp3) is 0.273. The van der Waals surface area contributed by atoms with Gasteiger partial charge in [-0.1, -0.05) is 36.4 Å². The first-order chi connectivity index (χ1) is 13.5. The molecule has 5 nitrogen and oxygen atoms in total. The molecule has 6 heteroatoms. The number of rotatable bonds is 3. The van der Waals surface area contributed by atoms with Crippen LogP contribution < -0.4 is 5.73 Å². The lowest BCUT2D eigenvalue weighted by Gasteiger charge is -2.43. The highest BCUT2D eigenvalue weighted by atomic mass is 32.1. The summed E-state index contributed by atoms with van der Waals surface area (Å²) in [5, 5.41) is 15.5. The Labute approximate surface area is 169 Å². The number of hydrogen-bond donors (Lipinski definition) is 1. The van der Waals surface area contributed by atoms with Crippen molar-refractivity contribution in [3.63, 3.8) is 0 Å². The van der Waals surface area contributed by atoms with Gasteiger partial charge in [-0.15, -0.1) is 11.3 Å². The van der Waals surface area contributed by atoms with Gasteiger partial charge in [0.05, 0.1) is 17.6 Å². The fourth-order valence-corrected chi connectivity index (χ4v) is 5.11. The number of thiophene rings is 1. The van der Waals surface area contributed by atoms with Crippen molar-refractivity contribution in [1.82, 2.24) is 10.0 Å². The summed E-state index contributed by atoms with van der Waals surface area (Å²) in [7, 11) is 3.77. The minimum Gasteiger partial charge on any atom is -0.383 e. The van der Waals surface area contributed by atoms with Gasteiger partial charge in [0, 0.05) is 36.7 Å². The number of Topliss-reactive ketones (excluding diaryl/α,β-unsaturated/α-hetero) is 1. The summed E-state index contributed by atoms with van der Waals surface area (Å²) >= 11 is 1.56. The monoisotopic (exact) mass is 390 g/mol. The smallest absolute Gasteiger partial charge is 0.162 e. The van der Waals surface area contributed by atoms with Crippen molar-refractivity contribution in [3.8, 4) is 6.07 Å². The molecule has 0 saturated heterocycles. The molecule has 2 N–H and O–H groups in total. The van der Waals surface area contributed by atoms with E-state index in [0.29, 0.717) is 29.8 Å². The highest BCUT2D eigenvalue weighted by molar-refractivity contribution is 7.10. The third-order valence-corrected chi connectivity index (χ3v) is 6.38. The van der Waals surface area contributed by atoms with Crippen LogP contribution in [0, 0.1) is 11.3 Å². The summed E-state index contributed by atoms with van der Waals surface area (Å²) in [5.74, 6) is 0.238. The molecule has 0 saturated carbocycles. The Balaban J connectivity index is 1.88. The predicted molar refractivity (Wildman–Crippen MR) is 110 cm³/mol. The highest BCUT2D eigenvalue weighted by Gasteiger charge is 2.43. The molecule has 1 aliphatic carbocycles. The summed E-state index contributed by atoms with van der Waals surface area (Å²) in [5.41, 5.74) is 9.69. The molecule has 1 aromatic heterocycles. The van der Waals surface area contributed by atoms with Gasteiger partial charge in [0.15, 0.2) is 5.78 Å². The Bertz CT molecular complexity index is 999. The van der Waals surface area contributed by atoms with Crippen molar-refractivity contribution in [2.24, 2.45) is 5.73 Å². The van der Waals surface area contributed by atoms with Crippen LogP contribution >= 0.6 is 11.3 Å². The number of allylic oxidation sites excluding steroid dienone is 3. The summed E-state index contributed by atoms with van der Waals surface area (Å²) in [6.45, 7) is 0. The number of benzene rings is 1. The van der Waals surface area contributed by atoms with E-state index in [2.05, 4.69) is 18.2 Å². The van der Waals surface area contributed by atoms with Gasteiger partial charge < -0.3 is 5.73 Å². The van der Waals surface area contributed by atoms with E-state index < -0.39 is 0 Å². The Hall–Kier alpha value is -2.88. The van der Waals surface area contributed by atoms with Crippen molar-refractivity contribution < 1.29 is 4.79 Å². The van der Waals surface area contributed by atoms with E-state index in [1.54, 1.807) is 11.3 Å². The molecular weight excluding hydrogens is 368 g/mol. The number of carbonyl (C=O) groups excluding carboxylic acids is 1. The van der Waals surface area contributed by atoms with Gasteiger partial charge in [-0.25, -0.2) is 5.01 Å². The fourth-order valence-electron chi connectivity index (χ4n) is 4.27. The van der Waals surface area contributed by atoms with E-state index in [-0.39, 0.29) is 17.6 Å². The second kappa shape index (κ2) is 7.27. The molecule has 4 rings (SSSR count). The van der Waals surface area contributed by atoms with Gasteiger partial charge in [-0.3, -0.25) is 9.80 Å². The second-order valence-electron chi connectivity index (χ2n) is 7.32. The number of nitrogens with two attached hydrogens (primary N) is 1. The average Bonchev–Trinajstić information content (AvgIpc) is 3.21. The third kappa shape index (κ3) is 2.93. The van der Waals surface area contributed by atoms with Gasteiger partial charge in [0.1, 0.15) is 5.82 Å². The molecule has 142 valence electrons. The number of hydrogen-bond acceptors (Lipinski definition) is 6. The number of ketones is 1. The zero-order chi connectivity index (χ0) is 19.8. The van der Waals surface area contributed by atoms with E-state index in [9.17, 15) is 10.1 Å². The summed E-state index contributed by atoms with van der Waals surface area (Å²) < 4.78 is 0. The Kier molecular flexibility index (Phi) is 4.80. The number of nitriles is 1. The average molecular weight is 391 g/mol. The number of nitrogens with zero attached hydrogens (tertiary/aromatic N) is 3. The summed E-state index contributed by atoms with van der Waals surface area (Å²) in [4.78, 5) is 14.4. The van der Waals surface area contributed by atoms with Gasteiger partial charge >= 0.3 is 0 Å². The highest BCUT2D eigenvalue weighted by Crippen LogP contribution is 2.48. The van der Waals surface area contributed by atoms with Crippen LogP contribution in [0.4, 0.5) is 0 Å². The normalized spacial score (nSPS) is 22.5. The molecular formula is C22H22N4OS. The second-order valence-corrected chi connectivity index (χ2v) is 8.30. The maximum absolute atomic E-state index is 13.4. The molecule has 0 amide bonds. The Morgan fingerprint density at radius 2 is 1.93 bits per heavy atom. The van der Waals surface area contributed by atoms with Crippen LogP contribution in [0.1, 0.15) is 35.1 Å². The number of hydrazine groups is 1. The molecule has 2 aromatic rings. The van der Waals surface area contributed by atoms with Crippen molar-refractivity contribution in [1.29, 1.82) is 5.26 Å². The Morgan fingerprint density at radius 3 is 2.54 bits per heavy atom. The SMILES string of the molecule is CN(C)N1C(N)=C(C#N)[C@H](c2cccs2)C2=C1C[C@H](c1ccccc1)CC2=O. The van der Waals surface area contributed by atoms with Crippen molar-refractivity contribution in [3.05, 3.63) is 80.9 Å². The van der Waals surface area contributed by atoms with E-state index in [4.69, 9.17) is 5.73 Å². The summed E-state index contributed by atoms with van der Waals surface area (Å²) in [6.07, 6.45) is 1.16. The number of carbonyl (C=O) groups is 1. The van der Waals surface area contributed by atoms with Crippen LogP contribution in [0.5, 0.6) is 0 Å². The predicted octanol–water partition coefficient (Wildman–Crippen LogP) is 3.72. The largest absolute Gasteiger partial charge is 0.383 e. The first-order valence-electron chi connectivity index (χ1n) is 9.24. The molecule has 2 heterocycles. The molecule has 2 aliphatic rings. The quantitative estimate of drug-likeness (QED) is 0.865. The molecule has 0 fully saturated rings. The van der Waals surface area contributed by atoms with Gasteiger partial charge in [-0.05, 0) is 29.3 Å². The minimum absolute atomic E-state index is 0.0978. The molecule has 28 heavy (non-hydrogen) atoms. The molecule has 2 atom stereocenters. The molecule has 0 unspecified atom stereocenters. The van der Waals surface area contributed by atoms with Gasteiger partial charge in [0.25, 0.3) is 0 Å². The molecule has 0 spiro atoms. The zero-order valence-corrected chi connectivity index (χ0v) is 16.7. The topological polar surface area (TPSA) is 73.4 Å². The van der Waals surface area contributed by atoms with Crippen molar-refractivity contribution in [2.45, 2.75) is 24.7 Å². The maximum atomic E-state index is 13.4.